The second kappa shape index (κ2) is 5.95. The molecular weight excluding hydrogens is 282 g/mol. The van der Waals surface area contributed by atoms with Gasteiger partial charge in [-0.3, -0.25) is 0 Å². The monoisotopic (exact) mass is 305 g/mol. The summed E-state index contributed by atoms with van der Waals surface area (Å²) in [4.78, 5) is 0. The van der Waals surface area contributed by atoms with Gasteiger partial charge in [0.25, 0.3) is 0 Å². The summed E-state index contributed by atoms with van der Waals surface area (Å²) in [6, 6.07) is 2.80. The summed E-state index contributed by atoms with van der Waals surface area (Å²) in [5, 5.41) is 3.14. The smallest absolute Gasteiger partial charge is 0.308 e. The second-order valence-corrected chi connectivity index (χ2v) is 7.27. The molecule has 0 aliphatic carbocycles. The molecule has 0 amide bonds. The molecule has 120 valence electrons. The van der Waals surface area contributed by atoms with Crippen molar-refractivity contribution in [1.29, 1.82) is 0 Å². The lowest BCUT2D eigenvalue weighted by molar-refractivity contribution is -0.138. The van der Waals surface area contributed by atoms with Gasteiger partial charge in [-0.15, -0.1) is 0 Å². The lowest BCUT2D eigenvalue weighted by Crippen LogP contribution is -2.42. The maximum Gasteiger partial charge on any atom is 0.416 e. The highest BCUT2D eigenvalue weighted by Gasteiger charge is 2.34. The predicted octanol–water partition coefficient (Wildman–Crippen LogP) is 5.15. The van der Waals surface area contributed by atoms with Gasteiger partial charge in [0.15, 0.2) is 0 Å². The molecule has 1 N–H and O–H groups in total. The molecule has 0 aliphatic rings. The van der Waals surface area contributed by atoms with Gasteiger partial charge in [-0.25, -0.2) is 4.39 Å². The van der Waals surface area contributed by atoms with Gasteiger partial charge in [-0.1, -0.05) is 26.8 Å². The summed E-state index contributed by atoms with van der Waals surface area (Å²) >= 11 is 0. The SMILES string of the molecule is CC(C)(C)CC(C)(C)NCc1ccc(F)cc1C(F)(F)F. The molecule has 0 atom stereocenters. The van der Waals surface area contributed by atoms with Crippen LogP contribution in [-0.2, 0) is 12.7 Å². The number of benzene rings is 1. The Morgan fingerprint density at radius 3 is 2.05 bits per heavy atom. The topological polar surface area (TPSA) is 12.0 Å². The van der Waals surface area contributed by atoms with E-state index in [2.05, 4.69) is 26.1 Å². The van der Waals surface area contributed by atoms with E-state index in [9.17, 15) is 17.6 Å². The van der Waals surface area contributed by atoms with E-state index in [0.29, 0.717) is 6.07 Å². The maximum absolute atomic E-state index is 13.1. The molecule has 1 nitrogen and oxygen atoms in total. The van der Waals surface area contributed by atoms with Crippen LogP contribution in [0.2, 0.25) is 0 Å². The van der Waals surface area contributed by atoms with E-state index in [4.69, 9.17) is 0 Å². The van der Waals surface area contributed by atoms with Crippen LogP contribution in [0.1, 0.15) is 52.2 Å². The summed E-state index contributed by atoms with van der Waals surface area (Å²) < 4.78 is 51.8. The molecule has 0 bridgehead atoms. The molecule has 1 aromatic carbocycles. The van der Waals surface area contributed by atoms with Crippen molar-refractivity contribution < 1.29 is 17.6 Å². The van der Waals surface area contributed by atoms with Crippen molar-refractivity contribution in [2.24, 2.45) is 5.41 Å². The molecular formula is C16H23F4N. The third kappa shape index (κ3) is 6.04. The fraction of sp³-hybridized carbons (Fsp3) is 0.625. The normalized spacial score (nSPS) is 13.6. The molecule has 0 radical (unpaired) electrons. The molecule has 0 spiro atoms. The molecule has 0 aromatic heterocycles. The lowest BCUT2D eigenvalue weighted by atomic mass is 9.81. The van der Waals surface area contributed by atoms with Crippen LogP contribution in [0.25, 0.3) is 0 Å². The zero-order valence-electron chi connectivity index (χ0n) is 13.2. The van der Waals surface area contributed by atoms with Crippen LogP contribution < -0.4 is 5.32 Å². The van der Waals surface area contributed by atoms with Crippen molar-refractivity contribution in [3.05, 3.63) is 35.1 Å². The van der Waals surface area contributed by atoms with Crippen LogP contribution in [0, 0.1) is 11.2 Å². The number of rotatable bonds is 4. The molecule has 0 fully saturated rings. The maximum atomic E-state index is 13.1. The molecule has 21 heavy (non-hydrogen) atoms. The zero-order chi connectivity index (χ0) is 16.5. The quantitative estimate of drug-likeness (QED) is 0.759. The molecule has 1 aromatic rings. The van der Waals surface area contributed by atoms with Crippen molar-refractivity contribution in [1.82, 2.24) is 5.32 Å². The van der Waals surface area contributed by atoms with Crippen LogP contribution in [0.5, 0.6) is 0 Å². The van der Waals surface area contributed by atoms with Crippen molar-refractivity contribution in [2.75, 3.05) is 0 Å². The van der Waals surface area contributed by atoms with Gasteiger partial charge in [0, 0.05) is 12.1 Å². The first-order chi connectivity index (χ1) is 9.30. The highest BCUT2D eigenvalue weighted by atomic mass is 19.4. The van der Waals surface area contributed by atoms with Crippen molar-refractivity contribution >= 4 is 0 Å². The molecule has 5 heteroatoms. The first kappa shape index (κ1) is 18.0. The minimum Gasteiger partial charge on any atom is -0.308 e. The van der Waals surface area contributed by atoms with Crippen molar-refractivity contribution in [2.45, 2.75) is 59.3 Å². The first-order valence-electron chi connectivity index (χ1n) is 6.91. The fourth-order valence-electron chi connectivity index (χ4n) is 2.69. The van der Waals surface area contributed by atoms with Gasteiger partial charge in [0.1, 0.15) is 5.82 Å². The number of hydrogen-bond acceptors (Lipinski definition) is 1. The average Bonchev–Trinajstić information content (AvgIpc) is 2.22. The number of hydrogen-bond donors (Lipinski definition) is 1. The number of nitrogens with one attached hydrogen (secondary N) is 1. The van der Waals surface area contributed by atoms with Gasteiger partial charge in [-0.2, -0.15) is 13.2 Å². The van der Waals surface area contributed by atoms with Gasteiger partial charge in [-0.05, 0) is 43.4 Å². The molecule has 0 unspecified atom stereocenters. The Morgan fingerprint density at radius 1 is 1.00 bits per heavy atom. The molecule has 0 aliphatic heterocycles. The minimum atomic E-state index is -4.55. The van der Waals surface area contributed by atoms with E-state index in [-0.39, 0.29) is 23.1 Å². The van der Waals surface area contributed by atoms with Crippen LogP contribution >= 0.6 is 0 Å². The molecule has 0 saturated heterocycles. The van der Waals surface area contributed by atoms with Gasteiger partial charge in [0.2, 0.25) is 0 Å². The van der Waals surface area contributed by atoms with Gasteiger partial charge >= 0.3 is 6.18 Å². The van der Waals surface area contributed by atoms with E-state index in [1.165, 1.54) is 6.07 Å². The zero-order valence-corrected chi connectivity index (χ0v) is 13.2. The third-order valence-electron chi connectivity index (χ3n) is 3.11. The van der Waals surface area contributed by atoms with E-state index in [1.807, 2.05) is 13.8 Å². The third-order valence-corrected chi connectivity index (χ3v) is 3.11. The highest BCUT2D eigenvalue weighted by molar-refractivity contribution is 5.30. The largest absolute Gasteiger partial charge is 0.416 e. The number of halogens is 4. The first-order valence-corrected chi connectivity index (χ1v) is 6.91. The lowest BCUT2D eigenvalue weighted by Gasteiger charge is -2.34. The predicted molar refractivity (Wildman–Crippen MR) is 76.4 cm³/mol. The molecule has 0 saturated carbocycles. The van der Waals surface area contributed by atoms with Crippen molar-refractivity contribution in [3.63, 3.8) is 0 Å². The Hall–Kier alpha value is -1.10. The fourth-order valence-corrected chi connectivity index (χ4v) is 2.69. The Labute approximate surface area is 123 Å². The Balaban J connectivity index is 2.90. The summed E-state index contributed by atoms with van der Waals surface area (Å²) in [7, 11) is 0. The molecule has 1 rings (SSSR count). The minimum absolute atomic E-state index is 0.0538. The summed E-state index contributed by atoms with van der Waals surface area (Å²) in [5.41, 5.74) is -1.10. The van der Waals surface area contributed by atoms with E-state index < -0.39 is 17.6 Å². The van der Waals surface area contributed by atoms with Crippen molar-refractivity contribution in [3.8, 4) is 0 Å². The average molecular weight is 305 g/mol. The van der Waals surface area contributed by atoms with Gasteiger partial charge in [0.05, 0.1) is 5.56 Å². The Kier molecular flexibility index (Phi) is 5.09. The standard InChI is InChI=1S/C16H23F4N/c1-14(2,3)10-15(4,5)21-9-11-6-7-12(17)8-13(11)16(18,19)20/h6-8,21H,9-10H2,1-5H3. The summed E-state index contributed by atoms with van der Waals surface area (Å²) in [5.74, 6) is -0.875. The second-order valence-electron chi connectivity index (χ2n) is 7.27. The van der Waals surface area contributed by atoms with Crippen LogP contribution in [-0.4, -0.2) is 5.54 Å². The number of alkyl halides is 3. The Bertz CT molecular complexity index is 484. The van der Waals surface area contributed by atoms with Gasteiger partial charge < -0.3 is 5.32 Å². The van der Waals surface area contributed by atoms with Crippen LogP contribution in [0.3, 0.4) is 0 Å². The summed E-state index contributed by atoms with van der Waals surface area (Å²) in [6.45, 7) is 10.2. The van der Waals surface area contributed by atoms with E-state index in [1.54, 1.807) is 0 Å². The highest BCUT2D eigenvalue weighted by Crippen LogP contribution is 2.33. The Morgan fingerprint density at radius 2 is 1.57 bits per heavy atom. The van der Waals surface area contributed by atoms with E-state index in [0.717, 1.165) is 12.5 Å². The summed E-state index contributed by atoms with van der Waals surface area (Å²) in [6.07, 6.45) is -3.74. The van der Waals surface area contributed by atoms with E-state index >= 15 is 0 Å². The molecule has 0 heterocycles. The van der Waals surface area contributed by atoms with Crippen LogP contribution in [0.15, 0.2) is 18.2 Å². The van der Waals surface area contributed by atoms with Crippen LogP contribution in [0.4, 0.5) is 17.6 Å².